The molecular weight excluding hydrogens is 238 g/mol. The van der Waals surface area contributed by atoms with Gasteiger partial charge in [0.25, 0.3) is 0 Å². The monoisotopic (exact) mass is 263 g/mol. The van der Waals surface area contributed by atoms with Crippen molar-refractivity contribution in [1.82, 2.24) is 4.90 Å². The summed E-state index contributed by atoms with van der Waals surface area (Å²) in [7, 11) is 1.71. The van der Waals surface area contributed by atoms with Crippen molar-refractivity contribution in [1.29, 1.82) is 0 Å². The summed E-state index contributed by atoms with van der Waals surface area (Å²) in [5.74, 6) is 0.236. The van der Waals surface area contributed by atoms with Crippen LogP contribution >= 0.6 is 0 Å². The van der Waals surface area contributed by atoms with E-state index in [-0.39, 0.29) is 11.9 Å². The zero-order chi connectivity index (χ0) is 14.0. The molecule has 0 aromatic carbocycles. The van der Waals surface area contributed by atoms with E-state index in [4.69, 9.17) is 4.74 Å². The largest absolute Gasteiger partial charge is 0.383 e. The van der Waals surface area contributed by atoms with Crippen LogP contribution in [0.15, 0.2) is 23.3 Å². The van der Waals surface area contributed by atoms with Crippen molar-refractivity contribution in [3.05, 3.63) is 23.3 Å². The van der Waals surface area contributed by atoms with E-state index in [9.17, 15) is 4.79 Å². The molecule has 0 bridgehead atoms. The second kappa shape index (κ2) is 5.49. The van der Waals surface area contributed by atoms with Gasteiger partial charge in [-0.1, -0.05) is 23.3 Å². The number of allylic oxidation sites excluding steroid dienone is 2. The van der Waals surface area contributed by atoms with E-state index in [1.165, 1.54) is 11.1 Å². The first-order valence-corrected chi connectivity index (χ1v) is 7.14. The number of nitrogens with zero attached hydrogens (tertiary/aromatic N) is 1. The Kier molecular flexibility index (Phi) is 4.14. The molecule has 1 heterocycles. The highest BCUT2D eigenvalue weighted by Gasteiger charge is 2.41. The van der Waals surface area contributed by atoms with E-state index < -0.39 is 5.41 Å². The minimum Gasteiger partial charge on any atom is -0.383 e. The van der Waals surface area contributed by atoms with E-state index in [0.717, 1.165) is 25.8 Å². The highest BCUT2D eigenvalue weighted by molar-refractivity contribution is 5.88. The molecule has 0 unspecified atom stereocenters. The zero-order valence-electron chi connectivity index (χ0n) is 12.5. The molecule has 0 N–H and O–H groups in total. The fourth-order valence-corrected chi connectivity index (χ4v) is 3.19. The topological polar surface area (TPSA) is 29.5 Å². The van der Waals surface area contributed by atoms with E-state index in [2.05, 4.69) is 26.0 Å². The normalized spacial score (nSPS) is 31.2. The Labute approximate surface area is 116 Å². The number of likely N-dealkylation sites (tertiary alicyclic amines) is 1. The van der Waals surface area contributed by atoms with E-state index in [0.29, 0.717) is 6.61 Å². The third-order valence-electron chi connectivity index (χ3n) is 4.53. The molecule has 0 spiro atoms. The van der Waals surface area contributed by atoms with E-state index in [1.54, 1.807) is 7.11 Å². The summed E-state index contributed by atoms with van der Waals surface area (Å²) in [4.78, 5) is 15.0. The summed E-state index contributed by atoms with van der Waals surface area (Å²) in [5.41, 5.74) is 1.99. The molecule has 2 aliphatic rings. The lowest BCUT2D eigenvalue weighted by molar-refractivity contribution is -0.138. The summed E-state index contributed by atoms with van der Waals surface area (Å²) in [6, 6.07) is 0.248. The Hall–Kier alpha value is -1.09. The van der Waals surface area contributed by atoms with Crippen molar-refractivity contribution in [3.63, 3.8) is 0 Å². The number of carbonyl (C=O) groups excluding carboxylic acids is 1. The van der Waals surface area contributed by atoms with Crippen LogP contribution in [0.4, 0.5) is 0 Å². The molecule has 1 amide bonds. The van der Waals surface area contributed by atoms with Crippen molar-refractivity contribution >= 4 is 5.91 Å². The SMILES string of the molecule is COC[C@@H]1CCCN1C(=O)[C@@]1(C)C=C(C)CC=C1C. The van der Waals surface area contributed by atoms with Gasteiger partial charge in [-0.05, 0) is 40.0 Å². The van der Waals surface area contributed by atoms with Crippen molar-refractivity contribution in [2.75, 3.05) is 20.3 Å². The van der Waals surface area contributed by atoms with Crippen LogP contribution < -0.4 is 0 Å². The average Bonchev–Trinajstić information content (AvgIpc) is 2.82. The summed E-state index contributed by atoms with van der Waals surface area (Å²) < 4.78 is 5.25. The van der Waals surface area contributed by atoms with Crippen molar-refractivity contribution in [2.24, 2.45) is 5.41 Å². The summed E-state index contributed by atoms with van der Waals surface area (Å²) in [5, 5.41) is 0. The molecular formula is C16H25NO2. The second-order valence-electron chi connectivity index (χ2n) is 6.03. The van der Waals surface area contributed by atoms with Crippen LogP contribution in [-0.2, 0) is 9.53 Å². The summed E-state index contributed by atoms with van der Waals surface area (Å²) in [6.07, 6.45) is 7.44. The van der Waals surface area contributed by atoms with Crippen molar-refractivity contribution in [2.45, 2.75) is 46.1 Å². The van der Waals surface area contributed by atoms with E-state index >= 15 is 0 Å². The molecule has 19 heavy (non-hydrogen) atoms. The number of ether oxygens (including phenoxy) is 1. The Balaban J connectivity index is 2.22. The fourth-order valence-electron chi connectivity index (χ4n) is 3.19. The van der Waals surface area contributed by atoms with Crippen LogP contribution in [-0.4, -0.2) is 37.1 Å². The standard InChI is InChI=1S/C16H25NO2/c1-12-7-8-13(2)16(3,10-12)15(18)17-9-5-6-14(17)11-19-4/h8,10,14H,5-7,9,11H2,1-4H3/t14-,16-/m0/s1. The molecule has 106 valence electrons. The number of amides is 1. The minimum absolute atomic E-state index is 0.236. The molecule has 0 radical (unpaired) electrons. The van der Waals surface area contributed by atoms with Gasteiger partial charge in [0.15, 0.2) is 0 Å². The number of carbonyl (C=O) groups is 1. The first-order chi connectivity index (χ1) is 8.99. The van der Waals surface area contributed by atoms with Crippen LogP contribution in [0.1, 0.15) is 40.0 Å². The van der Waals surface area contributed by atoms with Gasteiger partial charge in [-0.2, -0.15) is 0 Å². The quantitative estimate of drug-likeness (QED) is 0.733. The van der Waals surface area contributed by atoms with Crippen LogP contribution in [0.2, 0.25) is 0 Å². The molecule has 1 saturated heterocycles. The molecule has 0 aromatic heterocycles. The van der Waals surface area contributed by atoms with Crippen molar-refractivity contribution in [3.8, 4) is 0 Å². The smallest absolute Gasteiger partial charge is 0.236 e. The van der Waals surface area contributed by atoms with Gasteiger partial charge in [-0.25, -0.2) is 0 Å². The van der Waals surface area contributed by atoms with Gasteiger partial charge < -0.3 is 9.64 Å². The number of rotatable bonds is 3. The lowest BCUT2D eigenvalue weighted by Crippen LogP contribution is -2.46. The van der Waals surface area contributed by atoms with Gasteiger partial charge in [-0.15, -0.1) is 0 Å². The van der Waals surface area contributed by atoms with Crippen LogP contribution in [0.3, 0.4) is 0 Å². The third kappa shape index (κ3) is 2.62. The average molecular weight is 263 g/mol. The predicted molar refractivity (Wildman–Crippen MR) is 76.8 cm³/mol. The molecule has 0 aromatic rings. The molecule has 2 atom stereocenters. The van der Waals surface area contributed by atoms with Gasteiger partial charge >= 0.3 is 0 Å². The molecule has 1 fully saturated rings. The van der Waals surface area contributed by atoms with Crippen LogP contribution in [0.5, 0.6) is 0 Å². The maximum absolute atomic E-state index is 12.9. The van der Waals surface area contributed by atoms with Crippen molar-refractivity contribution < 1.29 is 9.53 Å². The van der Waals surface area contributed by atoms with Gasteiger partial charge in [-0.3, -0.25) is 4.79 Å². The molecule has 3 heteroatoms. The molecule has 0 saturated carbocycles. The van der Waals surface area contributed by atoms with E-state index in [1.807, 2.05) is 11.8 Å². The van der Waals surface area contributed by atoms with Crippen LogP contribution in [0.25, 0.3) is 0 Å². The second-order valence-corrected chi connectivity index (χ2v) is 6.03. The number of hydrogen-bond acceptors (Lipinski definition) is 2. The van der Waals surface area contributed by atoms with Gasteiger partial charge in [0, 0.05) is 13.7 Å². The van der Waals surface area contributed by atoms with Gasteiger partial charge in [0.1, 0.15) is 0 Å². The Morgan fingerprint density at radius 3 is 2.95 bits per heavy atom. The highest BCUT2D eigenvalue weighted by atomic mass is 16.5. The van der Waals surface area contributed by atoms with Gasteiger partial charge in [0.2, 0.25) is 5.91 Å². The Bertz CT molecular complexity index is 424. The maximum atomic E-state index is 12.9. The zero-order valence-corrected chi connectivity index (χ0v) is 12.5. The molecule has 1 aliphatic heterocycles. The predicted octanol–water partition coefficient (Wildman–Crippen LogP) is 2.93. The molecule has 3 nitrogen and oxygen atoms in total. The Morgan fingerprint density at radius 1 is 1.53 bits per heavy atom. The third-order valence-corrected chi connectivity index (χ3v) is 4.53. The van der Waals surface area contributed by atoms with Crippen LogP contribution in [0, 0.1) is 5.41 Å². The molecule has 1 aliphatic carbocycles. The molecule has 2 rings (SSSR count). The summed E-state index contributed by atoms with van der Waals surface area (Å²) >= 11 is 0. The minimum atomic E-state index is -0.460. The number of methoxy groups -OCH3 is 1. The first-order valence-electron chi connectivity index (χ1n) is 7.14. The highest BCUT2D eigenvalue weighted by Crippen LogP contribution is 2.38. The number of hydrogen-bond donors (Lipinski definition) is 0. The summed E-state index contributed by atoms with van der Waals surface area (Å²) in [6.45, 7) is 7.73. The first kappa shape index (κ1) is 14.3. The maximum Gasteiger partial charge on any atom is 0.236 e. The lowest BCUT2D eigenvalue weighted by Gasteiger charge is -2.36. The lowest BCUT2D eigenvalue weighted by atomic mass is 9.76. The fraction of sp³-hybridized carbons (Fsp3) is 0.688. The Morgan fingerprint density at radius 2 is 2.26 bits per heavy atom. The van der Waals surface area contributed by atoms with Gasteiger partial charge in [0.05, 0.1) is 18.1 Å².